The number of aliphatic hydroxyl groups is 1. The van der Waals surface area contributed by atoms with Gasteiger partial charge in [-0.1, -0.05) is 19.3 Å². The highest BCUT2D eigenvalue weighted by molar-refractivity contribution is 5.46. The second-order valence-corrected chi connectivity index (χ2v) is 5.21. The lowest BCUT2D eigenvalue weighted by Crippen LogP contribution is -2.38. The minimum Gasteiger partial charge on any atom is -0.406 e. The van der Waals surface area contributed by atoms with E-state index >= 15 is 0 Å². The van der Waals surface area contributed by atoms with Gasteiger partial charge in [0.2, 0.25) is 0 Å². The molecule has 112 valence electrons. The van der Waals surface area contributed by atoms with E-state index in [-0.39, 0.29) is 5.75 Å². The van der Waals surface area contributed by atoms with Gasteiger partial charge in [-0.05, 0) is 37.1 Å². The fraction of sp³-hybridized carbons (Fsp3) is 0.571. The molecule has 0 aliphatic heterocycles. The smallest absolute Gasteiger partial charge is 0.406 e. The highest BCUT2D eigenvalue weighted by Crippen LogP contribution is 2.29. The van der Waals surface area contributed by atoms with E-state index in [9.17, 15) is 18.3 Å². The minimum atomic E-state index is -4.67. The molecule has 20 heavy (non-hydrogen) atoms. The molecule has 0 heterocycles. The quantitative estimate of drug-likeness (QED) is 0.888. The number of anilines is 1. The first-order valence-corrected chi connectivity index (χ1v) is 6.68. The van der Waals surface area contributed by atoms with E-state index in [1.807, 2.05) is 0 Å². The Morgan fingerprint density at radius 1 is 1.10 bits per heavy atom. The first kappa shape index (κ1) is 15.0. The number of rotatable bonds is 4. The Bertz CT molecular complexity index is 425. The normalized spacial score (nSPS) is 18.6. The van der Waals surface area contributed by atoms with Gasteiger partial charge in [-0.15, -0.1) is 13.2 Å². The lowest BCUT2D eigenvalue weighted by Gasteiger charge is -2.32. The van der Waals surface area contributed by atoms with E-state index in [1.165, 1.54) is 24.3 Å². The highest BCUT2D eigenvalue weighted by atomic mass is 19.4. The number of halogens is 3. The summed E-state index contributed by atoms with van der Waals surface area (Å²) in [6.07, 6.45) is 0.00953. The summed E-state index contributed by atoms with van der Waals surface area (Å²) < 4.78 is 39.8. The van der Waals surface area contributed by atoms with E-state index in [0.717, 1.165) is 32.1 Å². The second kappa shape index (κ2) is 5.91. The molecule has 0 saturated heterocycles. The standard InChI is InChI=1S/C14H18F3NO2/c15-14(16,17)20-12-6-4-11(5-7-12)18-10-13(19)8-2-1-3-9-13/h4-7,18-19H,1-3,8-10H2. The zero-order chi connectivity index (χ0) is 14.6. The topological polar surface area (TPSA) is 41.5 Å². The molecule has 1 aromatic rings. The van der Waals surface area contributed by atoms with Crippen LogP contribution in [0.2, 0.25) is 0 Å². The SMILES string of the molecule is OC1(CNc2ccc(OC(F)(F)F)cc2)CCCCC1. The van der Waals surface area contributed by atoms with Gasteiger partial charge in [0.1, 0.15) is 5.75 Å². The maximum Gasteiger partial charge on any atom is 0.573 e. The van der Waals surface area contributed by atoms with Crippen molar-refractivity contribution in [3.05, 3.63) is 24.3 Å². The average Bonchev–Trinajstić information content (AvgIpc) is 2.37. The fourth-order valence-electron chi connectivity index (χ4n) is 2.43. The zero-order valence-electron chi connectivity index (χ0n) is 11.0. The van der Waals surface area contributed by atoms with Crippen molar-refractivity contribution in [1.29, 1.82) is 0 Å². The van der Waals surface area contributed by atoms with E-state index in [0.29, 0.717) is 12.2 Å². The Labute approximate surface area is 115 Å². The minimum absolute atomic E-state index is 0.251. The van der Waals surface area contributed by atoms with Crippen LogP contribution in [0.1, 0.15) is 32.1 Å². The molecule has 0 spiro atoms. The third-order valence-corrected chi connectivity index (χ3v) is 3.49. The number of hydrogen-bond donors (Lipinski definition) is 2. The zero-order valence-corrected chi connectivity index (χ0v) is 11.0. The monoisotopic (exact) mass is 289 g/mol. The van der Waals surface area contributed by atoms with Crippen LogP contribution in [0.5, 0.6) is 5.75 Å². The van der Waals surface area contributed by atoms with Crippen LogP contribution in [0.25, 0.3) is 0 Å². The Morgan fingerprint density at radius 3 is 2.25 bits per heavy atom. The Morgan fingerprint density at radius 2 is 1.70 bits per heavy atom. The van der Waals surface area contributed by atoms with Crippen molar-refractivity contribution < 1.29 is 23.0 Å². The van der Waals surface area contributed by atoms with Crippen LogP contribution in [0.4, 0.5) is 18.9 Å². The van der Waals surface area contributed by atoms with Gasteiger partial charge >= 0.3 is 6.36 Å². The second-order valence-electron chi connectivity index (χ2n) is 5.21. The third-order valence-electron chi connectivity index (χ3n) is 3.49. The van der Waals surface area contributed by atoms with Crippen LogP contribution in [0.3, 0.4) is 0 Å². The first-order valence-electron chi connectivity index (χ1n) is 6.68. The summed E-state index contributed by atoms with van der Waals surface area (Å²) in [4.78, 5) is 0. The summed E-state index contributed by atoms with van der Waals surface area (Å²) in [6, 6.07) is 5.52. The molecule has 3 nitrogen and oxygen atoms in total. The summed E-state index contributed by atoms with van der Waals surface area (Å²) in [7, 11) is 0. The molecular formula is C14H18F3NO2. The largest absolute Gasteiger partial charge is 0.573 e. The molecule has 1 aliphatic carbocycles. The molecule has 6 heteroatoms. The number of benzene rings is 1. The van der Waals surface area contributed by atoms with Crippen LogP contribution >= 0.6 is 0 Å². The molecule has 1 saturated carbocycles. The summed E-state index contributed by atoms with van der Waals surface area (Å²) in [5.41, 5.74) is -0.0436. The van der Waals surface area contributed by atoms with Crippen molar-refractivity contribution >= 4 is 5.69 Å². The van der Waals surface area contributed by atoms with Gasteiger partial charge in [0.25, 0.3) is 0 Å². The van der Waals surface area contributed by atoms with Gasteiger partial charge in [-0.2, -0.15) is 0 Å². The van der Waals surface area contributed by atoms with Crippen molar-refractivity contribution in [3.63, 3.8) is 0 Å². The van der Waals surface area contributed by atoms with Gasteiger partial charge in [0, 0.05) is 12.2 Å². The van der Waals surface area contributed by atoms with Crippen LogP contribution < -0.4 is 10.1 Å². The van der Waals surface area contributed by atoms with E-state index < -0.39 is 12.0 Å². The maximum atomic E-state index is 12.0. The molecular weight excluding hydrogens is 271 g/mol. The summed E-state index contributed by atoms with van der Waals surface area (Å²) in [5.74, 6) is -0.251. The van der Waals surface area contributed by atoms with Gasteiger partial charge in [-0.25, -0.2) is 0 Å². The molecule has 0 bridgehead atoms. The van der Waals surface area contributed by atoms with Crippen molar-refractivity contribution in [2.75, 3.05) is 11.9 Å². The van der Waals surface area contributed by atoms with Gasteiger partial charge in [0.15, 0.2) is 0 Å². The van der Waals surface area contributed by atoms with Crippen molar-refractivity contribution in [2.24, 2.45) is 0 Å². The van der Waals surface area contributed by atoms with Crippen LogP contribution in [0, 0.1) is 0 Å². The fourth-order valence-corrected chi connectivity index (χ4v) is 2.43. The summed E-state index contributed by atoms with van der Waals surface area (Å²) in [5, 5.41) is 13.4. The maximum absolute atomic E-state index is 12.0. The molecule has 0 amide bonds. The first-order chi connectivity index (χ1) is 9.36. The molecule has 1 fully saturated rings. The Kier molecular flexibility index (Phi) is 4.42. The Hall–Kier alpha value is -1.43. The molecule has 0 atom stereocenters. The lowest BCUT2D eigenvalue weighted by molar-refractivity contribution is -0.274. The van der Waals surface area contributed by atoms with E-state index in [1.54, 1.807) is 0 Å². The summed E-state index contributed by atoms with van der Waals surface area (Å²) in [6.45, 7) is 0.409. The predicted octanol–water partition coefficient (Wildman–Crippen LogP) is 3.69. The van der Waals surface area contributed by atoms with Gasteiger partial charge < -0.3 is 15.2 Å². The lowest BCUT2D eigenvalue weighted by atomic mass is 9.85. The van der Waals surface area contributed by atoms with Crippen molar-refractivity contribution in [2.45, 2.75) is 44.1 Å². The molecule has 1 aromatic carbocycles. The van der Waals surface area contributed by atoms with Gasteiger partial charge in [-0.3, -0.25) is 0 Å². The van der Waals surface area contributed by atoms with E-state index in [2.05, 4.69) is 10.1 Å². The molecule has 2 rings (SSSR count). The van der Waals surface area contributed by atoms with Crippen LogP contribution in [0.15, 0.2) is 24.3 Å². The van der Waals surface area contributed by atoms with Crippen LogP contribution in [-0.2, 0) is 0 Å². The molecule has 0 unspecified atom stereocenters. The molecule has 0 radical (unpaired) electrons. The molecule has 2 N–H and O–H groups in total. The highest BCUT2D eigenvalue weighted by Gasteiger charge is 2.31. The van der Waals surface area contributed by atoms with Gasteiger partial charge in [0.05, 0.1) is 5.60 Å². The average molecular weight is 289 g/mol. The number of ether oxygens (including phenoxy) is 1. The third kappa shape index (κ3) is 4.59. The summed E-state index contributed by atoms with van der Waals surface area (Å²) >= 11 is 0. The van der Waals surface area contributed by atoms with E-state index in [4.69, 9.17) is 0 Å². The Balaban J connectivity index is 1.87. The number of nitrogens with one attached hydrogen (secondary N) is 1. The van der Waals surface area contributed by atoms with Crippen LogP contribution in [-0.4, -0.2) is 23.6 Å². The number of alkyl halides is 3. The predicted molar refractivity (Wildman–Crippen MR) is 69.6 cm³/mol. The molecule has 1 aliphatic rings. The number of hydrogen-bond acceptors (Lipinski definition) is 3. The molecule has 0 aromatic heterocycles. The van der Waals surface area contributed by atoms with Crippen molar-refractivity contribution in [1.82, 2.24) is 0 Å². The van der Waals surface area contributed by atoms with Crippen molar-refractivity contribution in [3.8, 4) is 5.75 Å².